The summed E-state index contributed by atoms with van der Waals surface area (Å²) in [5.74, 6) is 0.698. The Morgan fingerprint density at radius 2 is 2.00 bits per heavy atom. The van der Waals surface area contributed by atoms with Crippen molar-refractivity contribution >= 4 is 11.6 Å². The molecular weight excluding hydrogens is 236 g/mol. The second-order valence-electron chi connectivity index (χ2n) is 5.08. The molecule has 1 unspecified atom stereocenters. The number of fused-ring (bicyclic) bond motifs is 2. The van der Waals surface area contributed by atoms with Crippen LogP contribution >= 0.6 is 11.6 Å². The van der Waals surface area contributed by atoms with Crippen molar-refractivity contribution in [2.75, 3.05) is 7.05 Å². The Morgan fingerprint density at radius 3 is 2.59 bits per heavy atom. The lowest BCUT2D eigenvalue weighted by molar-refractivity contribution is 0.0633. The van der Waals surface area contributed by atoms with Gasteiger partial charge in [0, 0.05) is 24.3 Å². The zero-order valence-electron chi connectivity index (χ0n) is 9.97. The first-order chi connectivity index (χ1) is 8.22. The molecule has 2 aliphatic rings. The lowest BCUT2D eigenvalue weighted by Gasteiger charge is -2.35. The standard InChI is InChI=1S/C13H17ClN2O/c1-16-10-3-4-11(16)7-12(6-10)17-13-5-2-9(14)8-15-13/h2,5,8,10-12H,3-4,6-7H2,1H3/t10-,11+,12?. The first-order valence-electron chi connectivity index (χ1n) is 6.22. The van der Waals surface area contributed by atoms with Crippen LogP contribution in [0.3, 0.4) is 0 Å². The minimum absolute atomic E-state index is 0.317. The second kappa shape index (κ2) is 4.46. The van der Waals surface area contributed by atoms with E-state index in [2.05, 4.69) is 16.9 Å². The minimum Gasteiger partial charge on any atom is -0.474 e. The van der Waals surface area contributed by atoms with Gasteiger partial charge in [-0.3, -0.25) is 0 Å². The van der Waals surface area contributed by atoms with Gasteiger partial charge in [-0.15, -0.1) is 0 Å². The van der Waals surface area contributed by atoms with Crippen molar-refractivity contribution in [3.63, 3.8) is 0 Å². The van der Waals surface area contributed by atoms with Crippen LogP contribution in [-0.4, -0.2) is 35.1 Å². The molecule has 0 radical (unpaired) electrons. The molecule has 0 aliphatic carbocycles. The Morgan fingerprint density at radius 1 is 1.29 bits per heavy atom. The molecule has 0 amide bonds. The van der Waals surface area contributed by atoms with Crippen LogP contribution in [0.1, 0.15) is 25.7 Å². The van der Waals surface area contributed by atoms with Crippen molar-refractivity contribution in [2.45, 2.75) is 43.9 Å². The molecular formula is C13H17ClN2O. The lowest BCUT2D eigenvalue weighted by Crippen LogP contribution is -2.43. The maximum absolute atomic E-state index is 5.94. The summed E-state index contributed by atoms with van der Waals surface area (Å²) in [6, 6.07) is 5.08. The van der Waals surface area contributed by atoms with Crippen LogP contribution in [-0.2, 0) is 0 Å². The highest BCUT2D eigenvalue weighted by Crippen LogP contribution is 2.35. The van der Waals surface area contributed by atoms with Crippen LogP contribution in [0.25, 0.3) is 0 Å². The van der Waals surface area contributed by atoms with Gasteiger partial charge >= 0.3 is 0 Å². The van der Waals surface area contributed by atoms with Crippen LogP contribution in [0.2, 0.25) is 5.02 Å². The molecule has 3 nitrogen and oxygen atoms in total. The Bertz CT molecular complexity index is 381. The number of piperidine rings is 1. The second-order valence-corrected chi connectivity index (χ2v) is 5.51. The molecule has 1 aromatic heterocycles. The van der Waals surface area contributed by atoms with Gasteiger partial charge in [0.1, 0.15) is 6.10 Å². The van der Waals surface area contributed by atoms with Crippen molar-refractivity contribution in [1.82, 2.24) is 9.88 Å². The summed E-state index contributed by atoms with van der Waals surface area (Å²) in [5.41, 5.74) is 0. The Balaban J connectivity index is 1.65. The summed E-state index contributed by atoms with van der Waals surface area (Å²) in [7, 11) is 2.24. The molecule has 3 atom stereocenters. The number of hydrogen-bond acceptors (Lipinski definition) is 3. The van der Waals surface area contributed by atoms with E-state index in [1.54, 1.807) is 6.20 Å². The third-order valence-corrected chi connectivity index (χ3v) is 4.27. The van der Waals surface area contributed by atoms with Gasteiger partial charge in [0.2, 0.25) is 5.88 Å². The average Bonchev–Trinajstić information content (AvgIpc) is 2.55. The topological polar surface area (TPSA) is 25.4 Å². The first kappa shape index (κ1) is 11.3. The van der Waals surface area contributed by atoms with E-state index in [1.807, 2.05) is 12.1 Å². The van der Waals surface area contributed by atoms with E-state index < -0.39 is 0 Å². The summed E-state index contributed by atoms with van der Waals surface area (Å²) in [6.07, 6.45) is 6.83. The predicted molar refractivity (Wildman–Crippen MR) is 67.5 cm³/mol. The summed E-state index contributed by atoms with van der Waals surface area (Å²) >= 11 is 5.81. The summed E-state index contributed by atoms with van der Waals surface area (Å²) in [6.45, 7) is 0. The third kappa shape index (κ3) is 2.26. The van der Waals surface area contributed by atoms with Crippen molar-refractivity contribution in [3.05, 3.63) is 23.4 Å². The largest absolute Gasteiger partial charge is 0.474 e. The smallest absolute Gasteiger partial charge is 0.213 e. The zero-order valence-corrected chi connectivity index (χ0v) is 10.7. The highest BCUT2D eigenvalue weighted by molar-refractivity contribution is 6.30. The molecule has 0 spiro atoms. The fourth-order valence-corrected chi connectivity index (χ4v) is 3.17. The number of ether oxygens (including phenoxy) is 1. The molecule has 3 rings (SSSR count). The monoisotopic (exact) mass is 252 g/mol. The van der Waals surface area contributed by atoms with Crippen molar-refractivity contribution < 1.29 is 4.74 Å². The summed E-state index contributed by atoms with van der Waals surface area (Å²) in [4.78, 5) is 6.70. The van der Waals surface area contributed by atoms with E-state index >= 15 is 0 Å². The molecule has 0 aromatic carbocycles. The van der Waals surface area contributed by atoms with Gasteiger partial charge in [-0.05, 0) is 38.8 Å². The van der Waals surface area contributed by atoms with Crippen LogP contribution in [0, 0.1) is 0 Å². The molecule has 2 fully saturated rings. The van der Waals surface area contributed by atoms with E-state index in [-0.39, 0.29) is 0 Å². The minimum atomic E-state index is 0.317. The predicted octanol–water partition coefficient (Wildman–Crippen LogP) is 2.74. The molecule has 3 heterocycles. The number of pyridine rings is 1. The molecule has 2 bridgehead atoms. The number of nitrogens with zero attached hydrogens (tertiary/aromatic N) is 2. The maximum Gasteiger partial charge on any atom is 0.213 e. The fourth-order valence-electron chi connectivity index (χ4n) is 3.06. The van der Waals surface area contributed by atoms with Gasteiger partial charge in [0.15, 0.2) is 0 Å². The van der Waals surface area contributed by atoms with E-state index in [1.165, 1.54) is 12.8 Å². The van der Waals surface area contributed by atoms with Gasteiger partial charge in [-0.2, -0.15) is 0 Å². The van der Waals surface area contributed by atoms with Gasteiger partial charge < -0.3 is 9.64 Å². The normalized spacial score (nSPS) is 32.7. The molecule has 0 N–H and O–H groups in total. The Hall–Kier alpha value is -0.800. The molecule has 92 valence electrons. The van der Waals surface area contributed by atoms with Crippen LogP contribution < -0.4 is 4.74 Å². The number of rotatable bonds is 2. The summed E-state index contributed by atoms with van der Waals surface area (Å²) in [5, 5.41) is 0.654. The van der Waals surface area contributed by atoms with Gasteiger partial charge in [0.25, 0.3) is 0 Å². The molecule has 17 heavy (non-hydrogen) atoms. The fraction of sp³-hybridized carbons (Fsp3) is 0.615. The Kier molecular flexibility index (Phi) is 2.97. The Labute approximate surface area is 107 Å². The molecule has 1 aromatic rings. The van der Waals surface area contributed by atoms with Gasteiger partial charge in [-0.1, -0.05) is 11.6 Å². The van der Waals surface area contributed by atoms with Crippen molar-refractivity contribution in [3.8, 4) is 5.88 Å². The zero-order chi connectivity index (χ0) is 11.8. The average molecular weight is 253 g/mol. The van der Waals surface area contributed by atoms with Gasteiger partial charge in [-0.25, -0.2) is 4.98 Å². The molecule has 4 heteroatoms. The van der Waals surface area contributed by atoms with Crippen molar-refractivity contribution in [2.24, 2.45) is 0 Å². The number of hydrogen-bond donors (Lipinski definition) is 0. The van der Waals surface area contributed by atoms with Crippen LogP contribution in [0.15, 0.2) is 18.3 Å². The van der Waals surface area contributed by atoms with Crippen LogP contribution in [0.4, 0.5) is 0 Å². The maximum atomic E-state index is 5.94. The van der Waals surface area contributed by atoms with Crippen LogP contribution in [0.5, 0.6) is 5.88 Å². The van der Waals surface area contributed by atoms with E-state index in [0.29, 0.717) is 29.1 Å². The molecule has 2 saturated heterocycles. The van der Waals surface area contributed by atoms with E-state index in [9.17, 15) is 0 Å². The van der Waals surface area contributed by atoms with Gasteiger partial charge in [0.05, 0.1) is 5.02 Å². The quantitative estimate of drug-likeness (QED) is 0.809. The van der Waals surface area contributed by atoms with E-state index in [0.717, 1.165) is 12.8 Å². The molecule has 0 saturated carbocycles. The SMILES string of the molecule is CN1[C@@H]2CC[C@H]1CC(Oc1ccc(Cl)cn1)C2. The third-order valence-electron chi connectivity index (χ3n) is 4.04. The lowest BCUT2D eigenvalue weighted by atomic mass is 10.0. The highest BCUT2D eigenvalue weighted by Gasteiger charge is 2.39. The highest BCUT2D eigenvalue weighted by atomic mass is 35.5. The number of halogens is 1. The first-order valence-corrected chi connectivity index (χ1v) is 6.60. The van der Waals surface area contributed by atoms with E-state index in [4.69, 9.17) is 16.3 Å². The molecule has 2 aliphatic heterocycles. The summed E-state index contributed by atoms with van der Waals surface area (Å²) < 4.78 is 5.94. The number of aromatic nitrogens is 1. The van der Waals surface area contributed by atoms with Crippen molar-refractivity contribution in [1.29, 1.82) is 0 Å².